The number of aliphatic hydroxyl groups is 1. The molecule has 2 aromatic rings. The van der Waals surface area contributed by atoms with Crippen molar-refractivity contribution in [1.29, 1.82) is 5.26 Å². The van der Waals surface area contributed by atoms with E-state index in [0.29, 0.717) is 5.56 Å². The fourth-order valence-corrected chi connectivity index (χ4v) is 4.41. The summed E-state index contributed by atoms with van der Waals surface area (Å²) in [4.78, 5) is 3.70. The van der Waals surface area contributed by atoms with Crippen LogP contribution in [0.2, 0.25) is 0 Å². The minimum absolute atomic E-state index is 0.0722. The number of halogens is 1. The summed E-state index contributed by atoms with van der Waals surface area (Å²) in [5, 5.41) is 18.7. The van der Waals surface area contributed by atoms with Crippen LogP contribution in [0.4, 0.5) is 4.39 Å². The minimum atomic E-state index is -3.93. The number of nitriles is 1. The number of rotatable bonds is 3. The second-order valence-corrected chi connectivity index (χ2v) is 7.42. The molecule has 1 aromatic heterocycles. The van der Waals surface area contributed by atoms with Crippen molar-refractivity contribution in [1.82, 2.24) is 9.29 Å². The highest BCUT2D eigenvalue weighted by Crippen LogP contribution is 2.36. The van der Waals surface area contributed by atoms with E-state index in [4.69, 9.17) is 5.26 Å². The second-order valence-electron chi connectivity index (χ2n) is 5.53. The van der Waals surface area contributed by atoms with Gasteiger partial charge < -0.3 is 5.11 Å². The first kappa shape index (κ1) is 16.5. The number of pyridine rings is 1. The molecule has 1 aliphatic rings. The molecule has 0 spiro atoms. The lowest BCUT2D eigenvalue weighted by molar-refractivity contribution is 0.188. The van der Waals surface area contributed by atoms with Gasteiger partial charge in [0.1, 0.15) is 22.5 Å². The predicted molar refractivity (Wildman–Crippen MR) is 82.6 cm³/mol. The van der Waals surface area contributed by atoms with Crippen molar-refractivity contribution in [2.45, 2.75) is 23.5 Å². The molecule has 0 bridgehead atoms. The van der Waals surface area contributed by atoms with Crippen LogP contribution in [0.25, 0.3) is 0 Å². The van der Waals surface area contributed by atoms with Gasteiger partial charge in [-0.15, -0.1) is 0 Å². The maximum atomic E-state index is 13.5. The summed E-state index contributed by atoms with van der Waals surface area (Å²) in [5.41, 5.74) is 0.591. The number of nitrogens with zero attached hydrogens (tertiary/aromatic N) is 3. The van der Waals surface area contributed by atoms with Gasteiger partial charge in [-0.3, -0.25) is 0 Å². The Morgan fingerprint density at radius 3 is 2.75 bits per heavy atom. The average Bonchev–Trinajstić information content (AvgIpc) is 2.98. The van der Waals surface area contributed by atoms with Gasteiger partial charge in [-0.05, 0) is 36.2 Å². The van der Waals surface area contributed by atoms with E-state index in [1.165, 1.54) is 30.3 Å². The van der Waals surface area contributed by atoms with Gasteiger partial charge in [0.05, 0.1) is 12.1 Å². The molecule has 1 fully saturated rings. The first-order valence-corrected chi connectivity index (χ1v) is 8.67. The Kier molecular flexibility index (Phi) is 4.32. The molecular weight excluding hydrogens is 333 g/mol. The van der Waals surface area contributed by atoms with Crippen LogP contribution in [-0.4, -0.2) is 35.5 Å². The zero-order valence-corrected chi connectivity index (χ0v) is 13.3. The monoisotopic (exact) mass is 347 g/mol. The van der Waals surface area contributed by atoms with E-state index in [1.807, 2.05) is 6.07 Å². The molecule has 0 saturated carbocycles. The van der Waals surface area contributed by atoms with Crippen LogP contribution in [0.15, 0.2) is 47.5 Å². The third kappa shape index (κ3) is 3.01. The third-order valence-corrected chi connectivity index (χ3v) is 5.78. The van der Waals surface area contributed by atoms with E-state index in [1.54, 1.807) is 6.07 Å². The lowest BCUT2D eigenvalue weighted by atomic mass is 10.0. The van der Waals surface area contributed by atoms with Gasteiger partial charge in [0.2, 0.25) is 10.0 Å². The van der Waals surface area contributed by atoms with Crippen LogP contribution < -0.4 is 0 Å². The predicted octanol–water partition coefficient (Wildman–Crippen LogP) is 1.59. The Labute approximate surface area is 138 Å². The fourth-order valence-electron chi connectivity index (χ4n) is 2.80. The van der Waals surface area contributed by atoms with Crippen molar-refractivity contribution in [3.63, 3.8) is 0 Å². The van der Waals surface area contributed by atoms with Gasteiger partial charge >= 0.3 is 0 Å². The summed E-state index contributed by atoms with van der Waals surface area (Å²) >= 11 is 0. The number of hydrogen-bond donors (Lipinski definition) is 1. The average molecular weight is 347 g/mol. The third-order valence-electron chi connectivity index (χ3n) is 3.92. The Balaban J connectivity index is 1.99. The van der Waals surface area contributed by atoms with E-state index in [0.717, 1.165) is 10.5 Å². The van der Waals surface area contributed by atoms with Crippen LogP contribution >= 0.6 is 0 Å². The van der Waals surface area contributed by atoms with E-state index in [9.17, 15) is 17.9 Å². The van der Waals surface area contributed by atoms with E-state index >= 15 is 0 Å². The molecule has 1 aromatic carbocycles. The van der Waals surface area contributed by atoms with E-state index in [2.05, 4.69) is 4.98 Å². The van der Waals surface area contributed by atoms with Gasteiger partial charge in [0, 0.05) is 12.7 Å². The Morgan fingerprint density at radius 2 is 2.12 bits per heavy atom. The van der Waals surface area contributed by atoms with Crippen LogP contribution in [0.1, 0.15) is 23.7 Å². The first-order chi connectivity index (χ1) is 11.4. The Morgan fingerprint density at radius 1 is 1.33 bits per heavy atom. The van der Waals surface area contributed by atoms with Crippen molar-refractivity contribution in [2.24, 2.45) is 0 Å². The summed E-state index contributed by atoms with van der Waals surface area (Å²) in [5.74, 6) is -0.466. The van der Waals surface area contributed by atoms with Crippen molar-refractivity contribution in [3.05, 3.63) is 59.7 Å². The molecule has 1 aliphatic heterocycles. The lowest BCUT2D eigenvalue weighted by Gasteiger charge is -2.24. The number of benzene rings is 1. The van der Waals surface area contributed by atoms with E-state index < -0.39 is 28.0 Å². The number of sulfonamides is 1. The largest absolute Gasteiger partial charge is 0.392 e. The highest BCUT2D eigenvalue weighted by molar-refractivity contribution is 7.89. The quantitative estimate of drug-likeness (QED) is 0.910. The van der Waals surface area contributed by atoms with Crippen molar-refractivity contribution < 1.29 is 17.9 Å². The lowest BCUT2D eigenvalue weighted by Crippen LogP contribution is -2.32. The van der Waals surface area contributed by atoms with Gasteiger partial charge in [0.25, 0.3) is 0 Å². The summed E-state index contributed by atoms with van der Waals surface area (Å²) in [7, 11) is -3.93. The fraction of sp³-hybridized carbons (Fsp3) is 0.250. The zero-order valence-electron chi connectivity index (χ0n) is 12.5. The highest BCUT2D eigenvalue weighted by Gasteiger charge is 2.40. The molecule has 24 heavy (non-hydrogen) atoms. The summed E-state index contributed by atoms with van der Waals surface area (Å²) in [6.07, 6.45) is 0.465. The molecule has 124 valence electrons. The van der Waals surface area contributed by atoms with Gasteiger partial charge in [-0.2, -0.15) is 9.57 Å². The molecule has 8 heteroatoms. The van der Waals surface area contributed by atoms with E-state index in [-0.39, 0.29) is 23.6 Å². The summed E-state index contributed by atoms with van der Waals surface area (Å²) in [6.45, 7) is -0.0798. The maximum absolute atomic E-state index is 13.5. The van der Waals surface area contributed by atoms with Crippen molar-refractivity contribution in [3.8, 4) is 6.07 Å². The molecule has 1 saturated heterocycles. The van der Waals surface area contributed by atoms with Gasteiger partial charge in [-0.25, -0.2) is 17.8 Å². The van der Waals surface area contributed by atoms with Gasteiger partial charge in [-0.1, -0.05) is 12.1 Å². The molecule has 6 nitrogen and oxygen atoms in total. The normalized spacial score (nSPS) is 21.5. The minimum Gasteiger partial charge on any atom is -0.392 e. The second kappa shape index (κ2) is 6.28. The molecule has 0 aliphatic carbocycles. The Bertz CT molecular complexity index is 894. The first-order valence-electron chi connectivity index (χ1n) is 7.23. The molecule has 0 amide bonds. The standard InChI is InChI=1S/C16H14FN3O3S/c17-12-3-1-2-11(6-12)16-7-14(21)10-20(16)24(22,23)15-5-4-13(8-18)19-9-15/h1-6,9,14,16,21H,7,10H2/t14-,16-/m0/s1. The van der Waals surface area contributed by atoms with Crippen LogP contribution in [0.5, 0.6) is 0 Å². The number of hydrogen-bond acceptors (Lipinski definition) is 5. The number of aliphatic hydroxyl groups excluding tert-OH is 1. The highest BCUT2D eigenvalue weighted by atomic mass is 32.2. The number of β-amino-alcohol motifs (C(OH)–C–C–N with tert-alkyl or cyclic N) is 1. The zero-order chi connectivity index (χ0) is 17.3. The molecule has 0 unspecified atom stereocenters. The topological polar surface area (TPSA) is 94.3 Å². The molecule has 2 atom stereocenters. The van der Waals surface area contributed by atoms with Crippen LogP contribution in [0, 0.1) is 17.1 Å². The molecule has 1 N–H and O–H groups in total. The molecule has 2 heterocycles. The SMILES string of the molecule is N#Cc1ccc(S(=O)(=O)N2C[C@@H](O)C[C@H]2c2cccc(F)c2)cn1. The molecular formula is C16H14FN3O3S. The van der Waals surface area contributed by atoms with Crippen molar-refractivity contribution in [2.75, 3.05) is 6.54 Å². The maximum Gasteiger partial charge on any atom is 0.245 e. The smallest absolute Gasteiger partial charge is 0.245 e. The van der Waals surface area contributed by atoms with Crippen molar-refractivity contribution >= 4 is 10.0 Å². The molecule has 0 radical (unpaired) electrons. The number of aromatic nitrogens is 1. The van der Waals surface area contributed by atoms with Gasteiger partial charge in [0.15, 0.2) is 0 Å². The Hall–Kier alpha value is -2.34. The summed E-state index contributed by atoms with van der Waals surface area (Å²) < 4.78 is 40.3. The van der Waals surface area contributed by atoms with Crippen LogP contribution in [-0.2, 0) is 10.0 Å². The molecule has 3 rings (SSSR count). The van der Waals surface area contributed by atoms with Crippen LogP contribution in [0.3, 0.4) is 0 Å². The summed E-state index contributed by atoms with van der Waals surface area (Å²) in [6, 6.07) is 9.46.